The van der Waals surface area contributed by atoms with Crippen molar-refractivity contribution in [3.05, 3.63) is 12.2 Å². The van der Waals surface area contributed by atoms with Gasteiger partial charge in [0.05, 0.1) is 6.42 Å². The van der Waals surface area contributed by atoms with E-state index in [4.69, 9.17) is 0 Å². The maximum Gasteiger partial charge on any atom is 0.227 e. The Balaban J connectivity index is 2.68. The van der Waals surface area contributed by atoms with Crippen molar-refractivity contribution < 1.29 is 4.79 Å². The highest BCUT2D eigenvalue weighted by Gasteiger charge is 2.06. The molecule has 5 nitrogen and oxygen atoms in total. The summed E-state index contributed by atoms with van der Waals surface area (Å²) in [5, 5.41) is 10.1. The van der Waals surface area contributed by atoms with E-state index in [1.54, 1.807) is 13.4 Å². The average molecular weight is 168 g/mol. The fourth-order valence-corrected chi connectivity index (χ4v) is 0.912. The Bertz CT molecular complexity index is 268. The zero-order valence-electron chi connectivity index (χ0n) is 7.24. The van der Waals surface area contributed by atoms with Crippen molar-refractivity contribution in [3.8, 4) is 0 Å². The van der Waals surface area contributed by atoms with Gasteiger partial charge in [0, 0.05) is 13.6 Å². The fourth-order valence-electron chi connectivity index (χ4n) is 0.912. The van der Waals surface area contributed by atoms with Crippen molar-refractivity contribution in [1.29, 1.82) is 0 Å². The number of nitrogens with zero attached hydrogens (tertiary/aromatic N) is 3. The van der Waals surface area contributed by atoms with Crippen molar-refractivity contribution in [3.63, 3.8) is 0 Å². The van der Waals surface area contributed by atoms with Crippen LogP contribution in [0.15, 0.2) is 6.33 Å². The predicted molar refractivity (Wildman–Crippen MR) is 43.5 cm³/mol. The van der Waals surface area contributed by atoms with Crippen molar-refractivity contribution >= 4 is 5.91 Å². The van der Waals surface area contributed by atoms with E-state index in [0.717, 1.165) is 6.54 Å². The molecule has 0 saturated carbocycles. The molecular formula is C7H12N4O. The summed E-state index contributed by atoms with van der Waals surface area (Å²) in [6.07, 6.45) is 1.92. The Kier molecular flexibility index (Phi) is 2.79. The molecule has 0 aromatic carbocycles. The molecule has 0 atom stereocenters. The number of likely N-dealkylation sites (N-methyl/N-ethyl adjacent to an activating group) is 1. The van der Waals surface area contributed by atoms with Crippen LogP contribution in [0.4, 0.5) is 0 Å². The molecule has 1 aromatic rings. The number of aromatic nitrogens is 3. The van der Waals surface area contributed by atoms with Gasteiger partial charge >= 0.3 is 0 Å². The Hall–Kier alpha value is -1.39. The van der Waals surface area contributed by atoms with E-state index < -0.39 is 0 Å². The van der Waals surface area contributed by atoms with Crippen LogP contribution in [0.1, 0.15) is 12.7 Å². The molecule has 0 radical (unpaired) electrons. The first-order chi connectivity index (χ1) is 5.77. The molecule has 0 fully saturated rings. The third kappa shape index (κ3) is 1.81. The minimum atomic E-state index is -0.0438. The van der Waals surface area contributed by atoms with E-state index in [9.17, 15) is 4.79 Å². The molecule has 0 aliphatic rings. The van der Waals surface area contributed by atoms with Crippen LogP contribution in [0.2, 0.25) is 0 Å². The standard InChI is InChI=1S/C7H12N4O/c1-3-11-5-9-10-6(11)4-7(12)8-2/h5H,3-4H2,1-2H3,(H,8,12). The van der Waals surface area contributed by atoms with E-state index in [1.807, 2.05) is 11.5 Å². The summed E-state index contributed by atoms with van der Waals surface area (Å²) in [7, 11) is 1.61. The van der Waals surface area contributed by atoms with Crippen molar-refractivity contribution in [2.75, 3.05) is 7.05 Å². The topological polar surface area (TPSA) is 59.8 Å². The Morgan fingerprint density at radius 3 is 3.08 bits per heavy atom. The smallest absolute Gasteiger partial charge is 0.227 e. The van der Waals surface area contributed by atoms with Crippen LogP contribution in [-0.4, -0.2) is 27.7 Å². The zero-order valence-corrected chi connectivity index (χ0v) is 7.24. The van der Waals surface area contributed by atoms with E-state index in [2.05, 4.69) is 15.5 Å². The third-order valence-electron chi connectivity index (χ3n) is 1.63. The maximum atomic E-state index is 11.0. The Morgan fingerprint density at radius 1 is 1.75 bits per heavy atom. The average Bonchev–Trinajstić information content (AvgIpc) is 2.51. The van der Waals surface area contributed by atoms with E-state index in [0.29, 0.717) is 12.2 Å². The highest BCUT2D eigenvalue weighted by atomic mass is 16.1. The second-order valence-electron chi connectivity index (χ2n) is 2.38. The second-order valence-corrected chi connectivity index (χ2v) is 2.38. The van der Waals surface area contributed by atoms with Gasteiger partial charge in [0.2, 0.25) is 5.91 Å². The van der Waals surface area contributed by atoms with Gasteiger partial charge in [0.25, 0.3) is 0 Å². The maximum absolute atomic E-state index is 11.0. The lowest BCUT2D eigenvalue weighted by Crippen LogP contribution is -2.21. The van der Waals surface area contributed by atoms with Crippen LogP contribution < -0.4 is 5.32 Å². The number of aryl methyl sites for hydroxylation is 1. The van der Waals surface area contributed by atoms with Crippen LogP contribution >= 0.6 is 0 Å². The number of carbonyl (C=O) groups excluding carboxylic acids is 1. The van der Waals surface area contributed by atoms with Gasteiger partial charge in [-0.15, -0.1) is 10.2 Å². The molecular weight excluding hydrogens is 156 g/mol. The fraction of sp³-hybridized carbons (Fsp3) is 0.571. The highest BCUT2D eigenvalue weighted by Crippen LogP contribution is 1.95. The van der Waals surface area contributed by atoms with Gasteiger partial charge in [0.1, 0.15) is 12.2 Å². The first-order valence-electron chi connectivity index (χ1n) is 3.85. The van der Waals surface area contributed by atoms with Crippen LogP contribution in [0.5, 0.6) is 0 Å². The van der Waals surface area contributed by atoms with Crippen LogP contribution in [0.3, 0.4) is 0 Å². The van der Waals surface area contributed by atoms with Crippen molar-refractivity contribution in [2.45, 2.75) is 19.9 Å². The Labute approximate surface area is 70.8 Å². The van der Waals surface area contributed by atoms with Gasteiger partial charge in [0.15, 0.2) is 0 Å². The normalized spacial score (nSPS) is 9.83. The zero-order chi connectivity index (χ0) is 8.97. The number of hydrogen-bond acceptors (Lipinski definition) is 3. The summed E-state index contributed by atoms with van der Waals surface area (Å²) >= 11 is 0. The van der Waals surface area contributed by atoms with Gasteiger partial charge in [-0.05, 0) is 6.92 Å². The molecule has 12 heavy (non-hydrogen) atoms. The molecule has 66 valence electrons. The predicted octanol–water partition coefficient (Wildman–Crippen LogP) is -0.414. The molecule has 0 saturated heterocycles. The Morgan fingerprint density at radius 2 is 2.50 bits per heavy atom. The molecule has 5 heteroatoms. The summed E-state index contributed by atoms with van der Waals surface area (Å²) in [5.41, 5.74) is 0. The molecule has 0 unspecified atom stereocenters. The van der Waals surface area contributed by atoms with E-state index in [-0.39, 0.29) is 5.91 Å². The van der Waals surface area contributed by atoms with Crippen molar-refractivity contribution in [1.82, 2.24) is 20.1 Å². The summed E-state index contributed by atoms with van der Waals surface area (Å²) in [6.45, 7) is 2.77. The van der Waals surface area contributed by atoms with E-state index >= 15 is 0 Å². The lowest BCUT2D eigenvalue weighted by molar-refractivity contribution is -0.120. The molecule has 1 aromatic heterocycles. The molecule has 1 rings (SSSR count). The number of hydrogen-bond donors (Lipinski definition) is 1. The van der Waals surface area contributed by atoms with Gasteiger partial charge in [-0.25, -0.2) is 0 Å². The number of nitrogens with one attached hydrogen (secondary N) is 1. The van der Waals surface area contributed by atoms with Gasteiger partial charge in [-0.1, -0.05) is 0 Å². The third-order valence-corrected chi connectivity index (χ3v) is 1.63. The summed E-state index contributed by atoms with van der Waals surface area (Å²) in [5.74, 6) is 0.662. The largest absolute Gasteiger partial charge is 0.359 e. The second kappa shape index (κ2) is 3.85. The first kappa shape index (κ1) is 8.70. The number of carbonyl (C=O) groups is 1. The lowest BCUT2D eigenvalue weighted by atomic mass is 10.4. The van der Waals surface area contributed by atoms with Gasteiger partial charge in [-0.3, -0.25) is 4.79 Å². The lowest BCUT2D eigenvalue weighted by Gasteiger charge is -2.00. The molecule has 1 amide bonds. The molecule has 0 aliphatic carbocycles. The number of rotatable bonds is 3. The van der Waals surface area contributed by atoms with E-state index in [1.165, 1.54) is 0 Å². The summed E-state index contributed by atoms with van der Waals surface area (Å²) in [6, 6.07) is 0. The van der Waals surface area contributed by atoms with Crippen LogP contribution in [0.25, 0.3) is 0 Å². The number of amides is 1. The summed E-state index contributed by atoms with van der Waals surface area (Å²) in [4.78, 5) is 11.0. The summed E-state index contributed by atoms with van der Waals surface area (Å²) < 4.78 is 1.84. The van der Waals surface area contributed by atoms with Crippen LogP contribution in [0, 0.1) is 0 Å². The monoisotopic (exact) mass is 168 g/mol. The molecule has 1 N–H and O–H groups in total. The van der Waals surface area contributed by atoms with Crippen LogP contribution in [-0.2, 0) is 17.8 Å². The van der Waals surface area contributed by atoms with Gasteiger partial charge in [-0.2, -0.15) is 0 Å². The quantitative estimate of drug-likeness (QED) is 0.667. The van der Waals surface area contributed by atoms with Crippen molar-refractivity contribution in [2.24, 2.45) is 0 Å². The molecule has 0 spiro atoms. The van der Waals surface area contributed by atoms with Gasteiger partial charge < -0.3 is 9.88 Å². The highest BCUT2D eigenvalue weighted by molar-refractivity contribution is 5.77. The minimum absolute atomic E-state index is 0.0438. The molecule has 0 bridgehead atoms. The first-order valence-corrected chi connectivity index (χ1v) is 3.85. The SMILES string of the molecule is CCn1cnnc1CC(=O)NC. The molecule has 1 heterocycles. The minimum Gasteiger partial charge on any atom is -0.359 e. The molecule has 0 aliphatic heterocycles.